The van der Waals surface area contributed by atoms with Crippen molar-refractivity contribution in [3.8, 4) is 11.5 Å². The average molecular weight is 271 g/mol. The lowest BCUT2D eigenvalue weighted by Crippen LogP contribution is -2.03. The van der Waals surface area contributed by atoms with E-state index in [4.69, 9.17) is 13.9 Å². The van der Waals surface area contributed by atoms with E-state index in [1.54, 1.807) is 31.5 Å². The van der Waals surface area contributed by atoms with Gasteiger partial charge in [-0.2, -0.15) is 0 Å². The van der Waals surface area contributed by atoms with Gasteiger partial charge in [0.25, 0.3) is 0 Å². The molecule has 0 atom stereocenters. The van der Waals surface area contributed by atoms with Crippen LogP contribution in [0.4, 0.5) is 0 Å². The number of hydrogen-bond acceptors (Lipinski definition) is 5. The second-order valence-electron chi connectivity index (χ2n) is 4.44. The number of benzene rings is 1. The van der Waals surface area contributed by atoms with Crippen molar-refractivity contribution in [3.63, 3.8) is 0 Å². The summed E-state index contributed by atoms with van der Waals surface area (Å²) in [4.78, 5) is 16.4. The molecule has 0 saturated heterocycles. The molecule has 0 radical (unpaired) electrons. The van der Waals surface area contributed by atoms with Crippen LogP contribution in [-0.4, -0.2) is 19.2 Å². The van der Waals surface area contributed by atoms with Crippen molar-refractivity contribution in [2.75, 3.05) is 14.2 Å². The molecular weight excluding hydrogens is 258 g/mol. The number of fused-ring (bicyclic) bond motifs is 3. The van der Waals surface area contributed by atoms with Crippen molar-refractivity contribution in [3.05, 3.63) is 40.4 Å². The summed E-state index contributed by atoms with van der Waals surface area (Å²) >= 11 is 0. The highest BCUT2D eigenvalue weighted by molar-refractivity contribution is 6.03. The van der Waals surface area contributed by atoms with Crippen LogP contribution in [0.5, 0.6) is 11.5 Å². The summed E-state index contributed by atoms with van der Waals surface area (Å²) in [7, 11) is 3.09. The summed E-state index contributed by atoms with van der Waals surface area (Å²) in [6.07, 6.45) is 1.67. The molecule has 3 aromatic rings. The lowest BCUT2D eigenvalue weighted by atomic mass is 10.1. The Bertz CT molecular complexity index is 867. The number of hydrogen-bond donors (Lipinski definition) is 0. The van der Waals surface area contributed by atoms with Gasteiger partial charge in [-0.3, -0.25) is 4.98 Å². The highest BCUT2D eigenvalue weighted by Gasteiger charge is 2.14. The van der Waals surface area contributed by atoms with Crippen molar-refractivity contribution in [2.24, 2.45) is 0 Å². The zero-order chi connectivity index (χ0) is 14.3. The maximum Gasteiger partial charge on any atom is 0.346 e. The summed E-state index contributed by atoms with van der Waals surface area (Å²) in [6.45, 7) is 1.85. The number of rotatable bonds is 2. The summed E-state index contributed by atoms with van der Waals surface area (Å²) < 4.78 is 15.9. The average Bonchev–Trinajstić information content (AvgIpc) is 2.46. The SMILES string of the molecule is COc1cc2oc(=O)c3c(C)ccnc3c2cc1OC. The van der Waals surface area contributed by atoms with Gasteiger partial charge in [-0.1, -0.05) is 0 Å². The fourth-order valence-electron chi connectivity index (χ4n) is 2.30. The minimum Gasteiger partial charge on any atom is -0.493 e. The molecule has 0 N–H and O–H groups in total. The van der Waals surface area contributed by atoms with Crippen molar-refractivity contribution in [2.45, 2.75) is 6.92 Å². The van der Waals surface area contributed by atoms with Gasteiger partial charge in [-0.15, -0.1) is 0 Å². The molecular formula is C15H13NO4. The normalized spacial score (nSPS) is 10.9. The fraction of sp³-hybridized carbons (Fsp3) is 0.200. The number of aromatic nitrogens is 1. The first-order valence-electron chi connectivity index (χ1n) is 6.10. The van der Waals surface area contributed by atoms with Crippen LogP contribution in [0.25, 0.3) is 21.9 Å². The van der Waals surface area contributed by atoms with Gasteiger partial charge in [0.2, 0.25) is 0 Å². The highest BCUT2D eigenvalue weighted by Crippen LogP contribution is 2.34. The van der Waals surface area contributed by atoms with Crippen LogP contribution >= 0.6 is 0 Å². The molecule has 102 valence electrons. The third-order valence-electron chi connectivity index (χ3n) is 3.31. The Hall–Kier alpha value is -2.56. The van der Waals surface area contributed by atoms with E-state index in [1.165, 1.54) is 7.11 Å². The molecule has 0 aliphatic rings. The van der Waals surface area contributed by atoms with Gasteiger partial charge in [0, 0.05) is 17.6 Å². The minimum absolute atomic E-state index is 0.398. The Morgan fingerprint density at radius 1 is 1.15 bits per heavy atom. The van der Waals surface area contributed by atoms with Gasteiger partial charge in [-0.05, 0) is 24.6 Å². The van der Waals surface area contributed by atoms with Gasteiger partial charge in [0.05, 0.1) is 25.1 Å². The van der Waals surface area contributed by atoms with Gasteiger partial charge in [0.15, 0.2) is 11.5 Å². The second-order valence-corrected chi connectivity index (χ2v) is 4.44. The molecule has 0 saturated carbocycles. The molecule has 0 bridgehead atoms. The van der Waals surface area contributed by atoms with Gasteiger partial charge in [0.1, 0.15) is 5.58 Å². The Kier molecular flexibility index (Phi) is 2.82. The zero-order valence-corrected chi connectivity index (χ0v) is 11.4. The van der Waals surface area contributed by atoms with E-state index >= 15 is 0 Å². The van der Waals surface area contributed by atoms with Gasteiger partial charge in [-0.25, -0.2) is 4.79 Å². The smallest absolute Gasteiger partial charge is 0.346 e. The van der Waals surface area contributed by atoms with E-state index in [1.807, 2.05) is 6.92 Å². The molecule has 1 aromatic carbocycles. The predicted octanol–water partition coefficient (Wildman–Crippen LogP) is 2.67. The number of nitrogens with zero attached hydrogens (tertiary/aromatic N) is 1. The number of pyridine rings is 1. The standard InChI is InChI=1S/C15H13NO4/c1-8-4-5-16-14-9-6-11(18-2)12(19-3)7-10(9)20-15(17)13(8)14/h4-7H,1-3H3. The van der Waals surface area contributed by atoms with Crippen LogP contribution in [-0.2, 0) is 0 Å². The Morgan fingerprint density at radius 2 is 1.85 bits per heavy atom. The monoisotopic (exact) mass is 271 g/mol. The van der Waals surface area contributed by atoms with Gasteiger partial charge >= 0.3 is 5.63 Å². The number of methoxy groups -OCH3 is 2. The Morgan fingerprint density at radius 3 is 2.55 bits per heavy atom. The molecule has 0 aliphatic heterocycles. The molecule has 2 aromatic heterocycles. The van der Waals surface area contributed by atoms with Crippen molar-refractivity contribution in [1.29, 1.82) is 0 Å². The molecule has 5 nitrogen and oxygen atoms in total. The first kappa shape index (κ1) is 12.5. The van der Waals surface area contributed by atoms with E-state index in [2.05, 4.69) is 4.98 Å². The minimum atomic E-state index is -0.398. The molecule has 0 spiro atoms. The molecule has 0 unspecified atom stereocenters. The Balaban J connectivity index is 2.54. The van der Waals surface area contributed by atoms with Crippen LogP contribution in [0.2, 0.25) is 0 Å². The maximum atomic E-state index is 12.1. The third-order valence-corrected chi connectivity index (χ3v) is 3.31. The second kappa shape index (κ2) is 4.52. The largest absolute Gasteiger partial charge is 0.493 e. The van der Waals surface area contributed by atoms with Crippen LogP contribution in [0, 0.1) is 6.92 Å². The quantitative estimate of drug-likeness (QED) is 0.529. The maximum absolute atomic E-state index is 12.1. The van der Waals surface area contributed by atoms with E-state index in [9.17, 15) is 4.79 Å². The first-order chi connectivity index (χ1) is 9.65. The fourth-order valence-corrected chi connectivity index (χ4v) is 2.30. The summed E-state index contributed by atoms with van der Waals surface area (Å²) in [5.74, 6) is 1.08. The Labute approximate surface area is 114 Å². The molecule has 5 heteroatoms. The van der Waals surface area contributed by atoms with E-state index < -0.39 is 5.63 Å². The molecule has 0 aliphatic carbocycles. The summed E-state index contributed by atoms with van der Waals surface area (Å²) in [6, 6.07) is 5.19. The molecule has 0 fully saturated rings. The summed E-state index contributed by atoms with van der Waals surface area (Å²) in [5.41, 5.74) is 1.47. The third kappa shape index (κ3) is 1.71. The van der Waals surface area contributed by atoms with Crippen LogP contribution < -0.4 is 15.1 Å². The van der Waals surface area contributed by atoms with Crippen molar-refractivity contribution >= 4 is 21.9 Å². The van der Waals surface area contributed by atoms with Crippen LogP contribution in [0.3, 0.4) is 0 Å². The summed E-state index contributed by atoms with van der Waals surface area (Å²) in [5, 5.41) is 1.22. The molecule has 3 rings (SSSR count). The highest BCUT2D eigenvalue weighted by atomic mass is 16.5. The van der Waals surface area contributed by atoms with Crippen LogP contribution in [0.15, 0.2) is 33.6 Å². The lowest BCUT2D eigenvalue weighted by Gasteiger charge is -2.09. The first-order valence-corrected chi connectivity index (χ1v) is 6.10. The number of aryl methyl sites for hydroxylation is 1. The van der Waals surface area contributed by atoms with Crippen LogP contribution in [0.1, 0.15) is 5.56 Å². The van der Waals surface area contributed by atoms with E-state index in [0.717, 1.165) is 10.9 Å². The topological polar surface area (TPSA) is 61.6 Å². The van der Waals surface area contributed by atoms with Crippen molar-refractivity contribution < 1.29 is 13.9 Å². The molecule has 20 heavy (non-hydrogen) atoms. The molecule has 0 amide bonds. The van der Waals surface area contributed by atoms with E-state index in [0.29, 0.717) is 28.0 Å². The van der Waals surface area contributed by atoms with E-state index in [-0.39, 0.29) is 0 Å². The van der Waals surface area contributed by atoms with Gasteiger partial charge < -0.3 is 13.9 Å². The molecule has 2 heterocycles. The predicted molar refractivity (Wildman–Crippen MR) is 75.6 cm³/mol. The number of ether oxygens (including phenoxy) is 2. The zero-order valence-electron chi connectivity index (χ0n) is 11.4. The van der Waals surface area contributed by atoms with Crippen molar-refractivity contribution in [1.82, 2.24) is 4.98 Å². The lowest BCUT2D eigenvalue weighted by molar-refractivity contribution is 0.355.